The summed E-state index contributed by atoms with van der Waals surface area (Å²) in [5.41, 5.74) is -4.48. The molecule has 1 amide bonds. The number of carboxylic acids is 1. The van der Waals surface area contributed by atoms with E-state index in [2.05, 4.69) is 0 Å². The van der Waals surface area contributed by atoms with Crippen LogP contribution < -0.4 is 0 Å². The second-order valence-corrected chi connectivity index (χ2v) is 4.89. The first-order chi connectivity index (χ1) is 8.12. The van der Waals surface area contributed by atoms with Crippen molar-refractivity contribution >= 4 is 11.9 Å². The van der Waals surface area contributed by atoms with Crippen LogP contribution in [-0.2, 0) is 9.59 Å². The summed E-state index contributed by atoms with van der Waals surface area (Å²) in [6.45, 7) is -1.16. The number of likely N-dealkylation sites (tertiary alicyclic amines) is 1. The van der Waals surface area contributed by atoms with E-state index in [1.807, 2.05) is 0 Å². The number of carbonyl (C=O) groups excluding carboxylic acids is 1. The summed E-state index contributed by atoms with van der Waals surface area (Å²) in [7, 11) is 0. The zero-order valence-electron chi connectivity index (χ0n) is 9.33. The van der Waals surface area contributed by atoms with Crippen LogP contribution in [-0.4, -0.2) is 51.9 Å². The number of aliphatic hydroxyl groups is 1. The Balaban J connectivity index is 2.11. The molecule has 1 aliphatic carbocycles. The molecule has 2 rings (SSSR count). The van der Waals surface area contributed by atoms with Crippen LogP contribution in [0.3, 0.4) is 0 Å². The monoisotopic (exact) mass is 267 g/mol. The van der Waals surface area contributed by atoms with Gasteiger partial charge in [-0.05, 0) is 12.8 Å². The average molecular weight is 267 g/mol. The zero-order chi connectivity index (χ0) is 13.8. The van der Waals surface area contributed by atoms with Crippen LogP contribution in [0.4, 0.5) is 13.2 Å². The lowest BCUT2D eigenvalue weighted by Gasteiger charge is -2.26. The van der Waals surface area contributed by atoms with E-state index in [1.165, 1.54) is 0 Å². The third kappa shape index (κ3) is 1.75. The minimum atomic E-state index is -4.82. The summed E-state index contributed by atoms with van der Waals surface area (Å²) in [5, 5.41) is 18.3. The molecule has 1 saturated carbocycles. The molecule has 1 atom stereocenters. The standard InChI is InChI=1S/C10H12F3NO4/c11-10(12,13)9(18)3-4-14(5-9)6(15)8(1-2-8)7(16)17/h18H,1-5H2,(H,16,17). The van der Waals surface area contributed by atoms with Gasteiger partial charge in [0.15, 0.2) is 5.60 Å². The van der Waals surface area contributed by atoms with Crippen molar-refractivity contribution in [3.63, 3.8) is 0 Å². The number of alkyl halides is 3. The maximum absolute atomic E-state index is 12.5. The van der Waals surface area contributed by atoms with Gasteiger partial charge in [0, 0.05) is 13.0 Å². The average Bonchev–Trinajstić information content (AvgIpc) is 2.95. The van der Waals surface area contributed by atoms with Crippen molar-refractivity contribution in [2.45, 2.75) is 31.0 Å². The summed E-state index contributed by atoms with van der Waals surface area (Å²) < 4.78 is 37.6. The minimum Gasteiger partial charge on any atom is -0.480 e. The minimum absolute atomic E-state index is 0.141. The van der Waals surface area contributed by atoms with Gasteiger partial charge in [-0.15, -0.1) is 0 Å². The molecule has 18 heavy (non-hydrogen) atoms. The fraction of sp³-hybridized carbons (Fsp3) is 0.800. The van der Waals surface area contributed by atoms with Gasteiger partial charge in [-0.25, -0.2) is 0 Å². The normalized spacial score (nSPS) is 30.3. The zero-order valence-corrected chi connectivity index (χ0v) is 9.33. The van der Waals surface area contributed by atoms with Crippen molar-refractivity contribution in [3.05, 3.63) is 0 Å². The fourth-order valence-corrected chi connectivity index (χ4v) is 2.15. The molecule has 5 nitrogen and oxygen atoms in total. The van der Waals surface area contributed by atoms with Crippen molar-refractivity contribution in [1.29, 1.82) is 0 Å². The Labute approximate surface area is 100 Å². The van der Waals surface area contributed by atoms with E-state index in [1.54, 1.807) is 0 Å². The Kier molecular flexibility index (Phi) is 2.62. The van der Waals surface area contributed by atoms with Crippen LogP contribution in [0, 0.1) is 5.41 Å². The molecule has 0 aromatic carbocycles. The largest absolute Gasteiger partial charge is 0.480 e. The molecule has 0 aromatic heterocycles. The molecule has 0 spiro atoms. The number of halogens is 3. The second-order valence-electron chi connectivity index (χ2n) is 4.89. The highest BCUT2D eigenvalue weighted by Gasteiger charge is 2.63. The van der Waals surface area contributed by atoms with Crippen LogP contribution in [0.5, 0.6) is 0 Å². The van der Waals surface area contributed by atoms with Gasteiger partial charge in [-0.2, -0.15) is 13.2 Å². The Morgan fingerprint density at radius 2 is 1.72 bits per heavy atom. The fourth-order valence-electron chi connectivity index (χ4n) is 2.15. The highest BCUT2D eigenvalue weighted by atomic mass is 19.4. The molecule has 2 aliphatic rings. The molecular formula is C10H12F3NO4. The Morgan fingerprint density at radius 1 is 1.17 bits per heavy atom. The predicted molar refractivity (Wildman–Crippen MR) is 51.5 cm³/mol. The van der Waals surface area contributed by atoms with Gasteiger partial charge in [0.05, 0.1) is 6.54 Å². The molecule has 0 radical (unpaired) electrons. The lowest BCUT2D eigenvalue weighted by molar-refractivity contribution is -0.253. The maximum Gasteiger partial charge on any atom is 0.419 e. The Hall–Kier alpha value is -1.31. The number of hydrogen-bond donors (Lipinski definition) is 2. The topological polar surface area (TPSA) is 77.8 Å². The molecule has 8 heteroatoms. The van der Waals surface area contributed by atoms with E-state index in [9.17, 15) is 27.9 Å². The number of carbonyl (C=O) groups is 2. The number of β-amino-alcohol motifs (C(OH)–C–C–N with tert-alkyl or cyclic N) is 1. The van der Waals surface area contributed by atoms with Crippen LogP contribution in [0.25, 0.3) is 0 Å². The van der Waals surface area contributed by atoms with Gasteiger partial charge in [0.25, 0.3) is 0 Å². The highest BCUT2D eigenvalue weighted by Crippen LogP contribution is 2.49. The van der Waals surface area contributed by atoms with Gasteiger partial charge in [-0.1, -0.05) is 0 Å². The summed E-state index contributed by atoms with van der Waals surface area (Å²) >= 11 is 0. The van der Waals surface area contributed by atoms with Crippen molar-refractivity contribution < 1.29 is 33.0 Å². The van der Waals surface area contributed by atoms with Gasteiger partial charge in [0.2, 0.25) is 5.91 Å². The van der Waals surface area contributed by atoms with E-state index < -0.39 is 42.0 Å². The summed E-state index contributed by atoms with van der Waals surface area (Å²) in [4.78, 5) is 23.6. The number of rotatable bonds is 2. The number of hydrogen-bond acceptors (Lipinski definition) is 3. The van der Waals surface area contributed by atoms with Crippen molar-refractivity contribution in [2.75, 3.05) is 13.1 Å². The molecular weight excluding hydrogens is 255 g/mol. The number of carboxylic acid groups (broad SMARTS) is 1. The summed E-state index contributed by atoms with van der Waals surface area (Å²) in [5.74, 6) is -2.13. The Morgan fingerprint density at radius 3 is 2.06 bits per heavy atom. The third-order valence-corrected chi connectivity index (χ3v) is 3.63. The number of aliphatic carboxylic acids is 1. The van der Waals surface area contributed by atoms with Gasteiger partial charge >= 0.3 is 12.1 Å². The second kappa shape index (κ2) is 3.59. The van der Waals surface area contributed by atoms with E-state index in [-0.39, 0.29) is 19.4 Å². The van der Waals surface area contributed by atoms with Crippen LogP contribution in [0.15, 0.2) is 0 Å². The number of amides is 1. The smallest absolute Gasteiger partial charge is 0.419 e. The Bertz CT molecular complexity index is 404. The first-order valence-electron chi connectivity index (χ1n) is 5.44. The maximum atomic E-state index is 12.5. The molecule has 0 aromatic rings. The third-order valence-electron chi connectivity index (χ3n) is 3.63. The molecule has 2 fully saturated rings. The summed E-state index contributed by atoms with van der Waals surface area (Å²) in [6, 6.07) is 0. The number of nitrogens with zero attached hydrogens (tertiary/aromatic N) is 1. The van der Waals surface area contributed by atoms with Crippen LogP contribution in [0.2, 0.25) is 0 Å². The molecule has 1 heterocycles. The molecule has 1 aliphatic heterocycles. The van der Waals surface area contributed by atoms with Crippen LogP contribution >= 0.6 is 0 Å². The summed E-state index contributed by atoms with van der Waals surface area (Å²) in [6.07, 6.45) is -5.15. The molecule has 2 N–H and O–H groups in total. The van der Waals surface area contributed by atoms with Crippen molar-refractivity contribution in [1.82, 2.24) is 4.90 Å². The lowest BCUT2D eigenvalue weighted by atomic mass is 10.0. The molecule has 102 valence electrons. The molecule has 0 bridgehead atoms. The van der Waals surface area contributed by atoms with E-state index >= 15 is 0 Å². The molecule has 1 unspecified atom stereocenters. The highest BCUT2D eigenvalue weighted by molar-refractivity contribution is 6.04. The first-order valence-corrected chi connectivity index (χ1v) is 5.44. The molecule has 1 saturated heterocycles. The SMILES string of the molecule is O=C(O)C1(C(=O)N2CCC(O)(C(F)(F)F)C2)CC1. The van der Waals surface area contributed by atoms with Gasteiger partial charge < -0.3 is 15.1 Å². The predicted octanol–water partition coefficient (Wildman–Crippen LogP) is 0.377. The van der Waals surface area contributed by atoms with E-state index in [0.717, 1.165) is 4.90 Å². The van der Waals surface area contributed by atoms with E-state index in [0.29, 0.717) is 0 Å². The lowest BCUT2D eigenvalue weighted by Crippen LogP contribution is -2.49. The van der Waals surface area contributed by atoms with Crippen molar-refractivity contribution in [2.24, 2.45) is 5.41 Å². The first kappa shape index (κ1) is 13.1. The quantitative estimate of drug-likeness (QED) is 0.709. The van der Waals surface area contributed by atoms with Crippen LogP contribution in [0.1, 0.15) is 19.3 Å². The van der Waals surface area contributed by atoms with Crippen molar-refractivity contribution in [3.8, 4) is 0 Å². The van der Waals surface area contributed by atoms with Gasteiger partial charge in [0.1, 0.15) is 5.41 Å². The van der Waals surface area contributed by atoms with Gasteiger partial charge in [-0.3, -0.25) is 9.59 Å². The van der Waals surface area contributed by atoms with E-state index in [4.69, 9.17) is 5.11 Å².